The van der Waals surface area contributed by atoms with Gasteiger partial charge in [-0.15, -0.1) is 22.7 Å². The van der Waals surface area contributed by atoms with Gasteiger partial charge in [-0.25, -0.2) is 4.98 Å². The summed E-state index contributed by atoms with van der Waals surface area (Å²) in [5, 5.41) is 4.95. The second kappa shape index (κ2) is 4.68. The maximum absolute atomic E-state index is 12.4. The molecule has 1 aromatic carbocycles. The number of thiazole rings is 1. The number of aryl methyl sites for hydroxylation is 1. The molecule has 0 aliphatic carbocycles. The molecule has 0 spiro atoms. The van der Waals surface area contributed by atoms with Gasteiger partial charge in [-0.05, 0) is 24.6 Å². The van der Waals surface area contributed by atoms with Crippen LogP contribution in [-0.2, 0) is 0 Å². The van der Waals surface area contributed by atoms with Crippen molar-refractivity contribution in [3.8, 4) is 0 Å². The van der Waals surface area contributed by atoms with Gasteiger partial charge in [0.2, 0.25) is 0 Å². The van der Waals surface area contributed by atoms with Crippen molar-refractivity contribution in [2.75, 3.05) is 5.32 Å². The SMILES string of the molecule is Cc1ccccc1NC(=O)c1cc2c(nc3sccn32)s1. The zero-order valence-electron chi connectivity index (χ0n) is 11.2. The van der Waals surface area contributed by atoms with Crippen LogP contribution in [0.25, 0.3) is 15.3 Å². The van der Waals surface area contributed by atoms with Gasteiger partial charge in [-0.3, -0.25) is 9.20 Å². The zero-order chi connectivity index (χ0) is 14.4. The molecule has 4 rings (SSSR count). The standard InChI is InChI=1S/C15H11N3OS2/c1-9-4-2-3-5-10(9)16-13(19)12-8-11-14(21-12)17-15-18(11)6-7-20-15/h2-8H,1H3,(H,16,19). The Kier molecular flexibility index (Phi) is 2.80. The van der Waals surface area contributed by atoms with Crippen LogP contribution in [0, 0.1) is 6.92 Å². The summed E-state index contributed by atoms with van der Waals surface area (Å²) in [6.07, 6.45) is 1.98. The van der Waals surface area contributed by atoms with Gasteiger partial charge >= 0.3 is 0 Å². The van der Waals surface area contributed by atoms with Crippen molar-refractivity contribution in [1.29, 1.82) is 0 Å². The number of thiophene rings is 1. The molecule has 1 amide bonds. The van der Waals surface area contributed by atoms with Crippen LogP contribution in [0.2, 0.25) is 0 Å². The molecule has 3 heterocycles. The highest BCUT2D eigenvalue weighted by Crippen LogP contribution is 2.28. The third-order valence-corrected chi connectivity index (χ3v) is 5.13. The number of amides is 1. The van der Waals surface area contributed by atoms with E-state index in [1.807, 2.05) is 53.2 Å². The first-order valence-corrected chi connectivity index (χ1v) is 8.14. The molecule has 0 radical (unpaired) electrons. The maximum atomic E-state index is 12.4. The molecule has 0 aliphatic heterocycles. The number of benzene rings is 1. The van der Waals surface area contributed by atoms with Crippen LogP contribution < -0.4 is 5.32 Å². The number of nitrogens with one attached hydrogen (secondary N) is 1. The van der Waals surface area contributed by atoms with Gasteiger partial charge in [0.1, 0.15) is 4.83 Å². The predicted octanol–water partition coefficient (Wildman–Crippen LogP) is 4.17. The fourth-order valence-electron chi connectivity index (χ4n) is 2.26. The van der Waals surface area contributed by atoms with Crippen molar-refractivity contribution in [2.24, 2.45) is 0 Å². The van der Waals surface area contributed by atoms with Crippen LogP contribution in [0.15, 0.2) is 41.9 Å². The largest absolute Gasteiger partial charge is 0.321 e. The van der Waals surface area contributed by atoms with E-state index in [2.05, 4.69) is 10.3 Å². The number of rotatable bonds is 2. The first-order valence-electron chi connectivity index (χ1n) is 6.44. The Morgan fingerprint density at radius 2 is 2.19 bits per heavy atom. The molecule has 104 valence electrons. The summed E-state index contributed by atoms with van der Waals surface area (Å²) in [6, 6.07) is 9.66. The van der Waals surface area contributed by atoms with E-state index in [1.54, 1.807) is 11.3 Å². The second-order valence-corrected chi connectivity index (χ2v) is 6.64. The number of nitrogens with zero attached hydrogens (tertiary/aromatic N) is 2. The average molecular weight is 313 g/mol. The minimum atomic E-state index is -0.0868. The number of para-hydroxylation sites is 1. The Morgan fingerprint density at radius 3 is 3.05 bits per heavy atom. The lowest BCUT2D eigenvalue weighted by molar-refractivity contribution is 0.103. The van der Waals surface area contributed by atoms with Crippen LogP contribution in [0.1, 0.15) is 15.2 Å². The topological polar surface area (TPSA) is 46.4 Å². The van der Waals surface area contributed by atoms with E-state index in [4.69, 9.17) is 0 Å². The zero-order valence-corrected chi connectivity index (χ0v) is 12.8. The van der Waals surface area contributed by atoms with Crippen LogP contribution in [0.4, 0.5) is 5.69 Å². The number of imidazole rings is 1. The van der Waals surface area contributed by atoms with Gasteiger partial charge in [0.05, 0.1) is 10.4 Å². The van der Waals surface area contributed by atoms with Gasteiger partial charge in [-0.1, -0.05) is 18.2 Å². The third-order valence-electron chi connectivity index (χ3n) is 3.36. The Morgan fingerprint density at radius 1 is 1.33 bits per heavy atom. The quantitative estimate of drug-likeness (QED) is 0.603. The number of carbonyl (C=O) groups excluding carboxylic acids is 1. The minimum absolute atomic E-state index is 0.0868. The monoisotopic (exact) mass is 313 g/mol. The summed E-state index contributed by atoms with van der Waals surface area (Å²) in [7, 11) is 0. The highest BCUT2D eigenvalue weighted by atomic mass is 32.1. The van der Waals surface area contributed by atoms with Crippen LogP contribution >= 0.6 is 22.7 Å². The lowest BCUT2D eigenvalue weighted by atomic mass is 10.2. The molecule has 4 aromatic rings. The predicted molar refractivity (Wildman–Crippen MR) is 87.6 cm³/mol. The summed E-state index contributed by atoms with van der Waals surface area (Å²) >= 11 is 3.02. The number of hydrogen-bond acceptors (Lipinski definition) is 4. The van der Waals surface area contributed by atoms with E-state index in [0.29, 0.717) is 4.88 Å². The molecule has 21 heavy (non-hydrogen) atoms. The Balaban J connectivity index is 1.70. The molecular formula is C15H11N3OS2. The van der Waals surface area contributed by atoms with Gasteiger partial charge in [0.25, 0.3) is 5.91 Å². The van der Waals surface area contributed by atoms with E-state index in [1.165, 1.54) is 11.3 Å². The highest BCUT2D eigenvalue weighted by molar-refractivity contribution is 7.21. The molecule has 0 saturated carbocycles. The number of hydrogen-bond donors (Lipinski definition) is 1. The van der Waals surface area contributed by atoms with Crippen molar-refractivity contribution >= 4 is 49.6 Å². The number of anilines is 1. The fourth-order valence-corrected chi connectivity index (χ4v) is 3.95. The van der Waals surface area contributed by atoms with E-state index in [-0.39, 0.29) is 5.91 Å². The molecule has 0 unspecified atom stereocenters. The smallest absolute Gasteiger partial charge is 0.265 e. The number of carbonyl (C=O) groups is 1. The fraction of sp³-hybridized carbons (Fsp3) is 0.0667. The first kappa shape index (κ1) is 12.6. The van der Waals surface area contributed by atoms with Crippen LogP contribution in [0.3, 0.4) is 0 Å². The molecule has 0 fully saturated rings. The van der Waals surface area contributed by atoms with E-state index in [0.717, 1.165) is 26.6 Å². The normalized spacial score (nSPS) is 11.3. The molecule has 0 bridgehead atoms. The molecule has 1 N–H and O–H groups in total. The number of fused-ring (bicyclic) bond motifs is 3. The van der Waals surface area contributed by atoms with Gasteiger partial charge in [0, 0.05) is 17.3 Å². The summed E-state index contributed by atoms with van der Waals surface area (Å²) in [4.78, 5) is 19.4. The van der Waals surface area contributed by atoms with Gasteiger partial charge in [0.15, 0.2) is 4.96 Å². The molecule has 0 saturated heterocycles. The third kappa shape index (κ3) is 2.03. The second-order valence-electron chi connectivity index (χ2n) is 4.74. The molecule has 0 atom stereocenters. The molecule has 6 heteroatoms. The van der Waals surface area contributed by atoms with Crippen LogP contribution in [-0.4, -0.2) is 15.3 Å². The maximum Gasteiger partial charge on any atom is 0.265 e. The van der Waals surface area contributed by atoms with Crippen molar-refractivity contribution in [3.05, 3.63) is 52.3 Å². The van der Waals surface area contributed by atoms with Crippen LogP contribution in [0.5, 0.6) is 0 Å². The summed E-state index contributed by atoms with van der Waals surface area (Å²) < 4.78 is 2.01. The highest BCUT2D eigenvalue weighted by Gasteiger charge is 2.15. The molecule has 4 nitrogen and oxygen atoms in total. The molecular weight excluding hydrogens is 302 g/mol. The van der Waals surface area contributed by atoms with Gasteiger partial charge in [-0.2, -0.15) is 0 Å². The van der Waals surface area contributed by atoms with E-state index >= 15 is 0 Å². The van der Waals surface area contributed by atoms with E-state index in [9.17, 15) is 4.79 Å². The van der Waals surface area contributed by atoms with Gasteiger partial charge < -0.3 is 5.32 Å². The van der Waals surface area contributed by atoms with E-state index < -0.39 is 0 Å². The summed E-state index contributed by atoms with van der Waals surface area (Å²) in [5.41, 5.74) is 2.89. The van der Waals surface area contributed by atoms with Crippen molar-refractivity contribution < 1.29 is 4.79 Å². The van der Waals surface area contributed by atoms with Crippen molar-refractivity contribution in [1.82, 2.24) is 9.38 Å². The molecule has 0 aliphatic rings. The summed E-state index contributed by atoms with van der Waals surface area (Å²) in [5.74, 6) is -0.0868. The van der Waals surface area contributed by atoms with Crippen molar-refractivity contribution in [3.63, 3.8) is 0 Å². The van der Waals surface area contributed by atoms with Crippen molar-refractivity contribution in [2.45, 2.75) is 6.92 Å². The number of aromatic nitrogens is 2. The average Bonchev–Trinajstić information content (AvgIpc) is 3.12. The summed E-state index contributed by atoms with van der Waals surface area (Å²) in [6.45, 7) is 1.98. The Bertz CT molecular complexity index is 964. The lowest BCUT2D eigenvalue weighted by Gasteiger charge is -2.06. The minimum Gasteiger partial charge on any atom is -0.321 e. The Hall–Kier alpha value is -2.18. The molecule has 3 aromatic heterocycles. The Labute approximate surface area is 128 Å². The lowest BCUT2D eigenvalue weighted by Crippen LogP contribution is -2.10. The first-order chi connectivity index (χ1) is 10.2.